The van der Waals surface area contributed by atoms with Crippen molar-refractivity contribution in [3.63, 3.8) is 0 Å². The summed E-state index contributed by atoms with van der Waals surface area (Å²) in [4.78, 5) is 29.0. The van der Waals surface area contributed by atoms with Gasteiger partial charge in [-0.25, -0.2) is 9.37 Å². The summed E-state index contributed by atoms with van der Waals surface area (Å²) in [5.41, 5.74) is 0.941. The molecule has 0 unspecified atom stereocenters. The Morgan fingerprint density at radius 2 is 1.86 bits per heavy atom. The van der Waals surface area contributed by atoms with Gasteiger partial charge in [0.25, 0.3) is 5.91 Å². The predicted molar refractivity (Wildman–Crippen MR) is 108 cm³/mol. The molecule has 0 aliphatic rings. The minimum atomic E-state index is -0.607. The van der Waals surface area contributed by atoms with Crippen LogP contribution in [0.1, 0.15) is 27.8 Å². The third-order valence-corrected chi connectivity index (χ3v) is 4.96. The average molecular weight is 435 g/mol. The molecule has 2 N–H and O–H groups in total. The number of nitrogens with one attached hydrogen (secondary N) is 2. The van der Waals surface area contributed by atoms with E-state index in [2.05, 4.69) is 15.6 Å². The third-order valence-electron chi connectivity index (χ3n) is 4.22. The van der Waals surface area contributed by atoms with E-state index in [4.69, 9.17) is 23.2 Å². The van der Waals surface area contributed by atoms with Gasteiger partial charge in [-0.2, -0.15) is 0 Å². The van der Waals surface area contributed by atoms with Crippen molar-refractivity contribution in [2.24, 2.45) is 7.05 Å². The van der Waals surface area contributed by atoms with Crippen LogP contribution in [0, 0.1) is 5.82 Å². The normalized spacial score (nSPS) is 11.7. The summed E-state index contributed by atoms with van der Waals surface area (Å²) in [5, 5.41) is 5.92. The Labute approximate surface area is 176 Å². The van der Waals surface area contributed by atoms with E-state index in [1.54, 1.807) is 36.1 Å². The Hall–Kier alpha value is -2.90. The number of imidazole rings is 1. The molecule has 0 fully saturated rings. The van der Waals surface area contributed by atoms with Crippen LogP contribution in [0.2, 0.25) is 10.0 Å². The fourth-order valence-electron chi connectivity index (χ4n) is 2.72. The van der Waals surface area contributed by atoms with Crippen LogP contribution in [-0.2, 0) is 11.8 Å². The van der Waals surface area contributed by atoms with E-state index in [-0.39, 0.29) is 22.9 Å². The molecule has 150 valence electrons. The first-order valence-corrected chi connectivity index (χ1v) is 9.36. The second-order valence-corrected chi connectivity index (χ2v) is 7.07. The highest BCUT2D eigenvalue weighted by Crippen LogP contribution is 2.23. The van der Waals surface area contributed by atoms with Crippen molar-refractivity contribution in [1.82, 2.24) is 20.2 Å². The lowest BCUT2D eigenvalue weighted by Crippen LogP contribution is -2.39. The molecule has 6 nitrogen and oxygen atoms in total. The van der Waals surface area contributed by atoms with Gasteiger partial charge in [-0.05, 0) is 35.9 Å². The number of carbonyl (C=O) groups is 2. The highest BCUT2D eigenvalue weighted by atomic mass is 35.5. The van der Waals surface area contributed by atoms with Gasteiger partial charge in [-0.15, -0.1) is 0 Å². The van der Waals surface area contributed by atoms with E-state index in [0.717, 1.165) is 0 Å². The second-order valence-electron chi connectivity index (χ2n) is 6.26. The van der Waals surface area contributed by atoms with Crippen LogP contribution in [0.25, 0.3) is 0 Å². The first-order chi connectivity index (χ1) is 13.8. The number of hydrogen-bond acceptors (Lipinski definition) is 3. The van der Waals surface area contributed by atoms with E-state index in [1.807, 2.05) is 0 Å². The number of benzene rings is 2. The van der Waals surface area contributed by atoms with E-state index in [1.165, 1.54) is 30.3 Å². The molecule has 9 heteroatoms. The zero-order valence-electron chi connectivity index (χ0n) is 15.3. The van der Waals surface area contributed by atoms with Crippen LogP contribution in [0.15, 0.2) is 54.9 Å². The molecule has 0 aliphatic carbocycles. The molecule has 0 spiro atoms. The van der Waals surface area contributed by atoms with Gasteiger partial charge in [0.2, 0.25) is 5.91 Å². The summed E-state index contributed by atoms with van der Waals surface area (Å²) in [6.45, 7) is -0.263. The fourth-order valence-corrected chi connectivity index (χ4v) is 3.02. The first kappa shape index (κ1) is 20.8. The van der Waals surface area contributed by atoms with Crippen molar-refractivity contribution < 1.29 is 14.0 Å². The Kier molecular flexibility index (Phi) is 6.51. The fraction of sp³-hybridized carbons (Fsp3) is 0.150. The average Bonchev–Trinajstić information content (AvgIpc) is 3.12. The number of hydrogen-bond donors (Lipinski definition) is 2. The third kappa shape index (κ3) is 5.13. The summed E-state index contributed by atoms with van der Waals surface area (Å²) in [7, 11) is 1.79. The molecule has 3 aromatic rings. The first-order valence-electron chi connectivity index (χ1n) is 8.60. The lowest BCUT2D eigenvalue weighted by atomic mass is 10.1. The molecule has 0 radical (unpaired) electrons. The Balaban J connectivity index is 1.70. The van der Waals surface area contributed by atoms with Crippen molar-refractivity contribution in [1.29, 1.82) is 0 Å². The lowest BCUT2D eigenvalue weighted by molar-refractivity contribution is -0.120. The highest BCUT2D eigenvalue weighted by Gasteiger charge is 2.21. The van der Waals surface area contributed by atoms with Crippen LogP contribution in [0.5, 0.6) is 0 Å². The molecule has 1 aromatic heterocycles. The van der Waals surface area contributed by atoms with E-state index < -0.39 is 17.9 Å². The Morgan fingerprint density at radius 1 is 1.14 bits per heavy atom. The van der Waals surface area contributed by atoms with Gasteiger partial charge >= 0.3 is 0 Å². The van der Waals surface area contributed by atoms with Crippen LogP contribution >= 0.6 is 23.2 Å². The van der Waals surface area contributed by atoms with Crippen LogP contribution < -0.4 is 10.6 Å². The smallest absolute Gasteiger partial charge is 0.251 e. The molecule has 0 saturated carbocycles. The molecular formula is C20H17Cl2FN4O2. The van der Waals surface area contributed by atoms with Gasteiger partial charge in [0.15, 0.2) is 0 Å². The number of aromatic nitrogens is 2. The van der Waals surface area contributed by atoms with Crippen molar-refractivity contribution in [2.45, 2.75) is 6.04 Å². The maximum absolute atomic E-state index is 13.3. The molecule has 3 rings (SSSR count). The topological polar surface area (TPSA) is 76.0 Å². The summed E-state index contributed by atoms with van der Waals surface area (Å²) >= 11 is 11.8. The Bertz CT molecular complexity index is 1040. The highest BCUT2D eigenvalue weighted by molar-refractivity contribution is 6.42. The predicted octanol–water partition coefficient (Wildman–Crippen LogP) is 3.50. The second kappa shape index (κ2) is 9.07. The number of nitrogens with zero attached hydrogens (tertiary/aromatic N) is 2. The molecule has 1 atom stereocenters. The molecule has 0 aliphatic heterocycles. The zero-order valence-corrected chi connectivity index (χ0v) is 16.8. The number of carbonyl (C=O) groups excluding carboxylic acids is 2. The summed E-state index contributed by atoms with van der Waals surface area (Å²) in [5.74, 6) is -0.710. The lowest BCUT2D eigenvalue weighted by Gasteiger charge is -2.19. The Morgan fingerprint density at radius 3 is 2.48 bits per heavy atom. The molecule has 1 heterocycles. The van der Waals surface area contributed by atoms with Crippen molar-refractivity contribution >= 4 is 35.0 Å². The monoisotopic (exact) mass is 434 g/mol. The number of aryl methyl sites for hydroxylation is 1. The van der Waals surface area contributed by atoms with Gasteiger partial charge in [-0.3, -0.25) is 9.59 Å². The quantitative estimate of drug-likeness (QED) is 0.623. The summed E-state index contributed by atoms with van der Waals surface area (Å²) in [6, 6.07) is 9.59. The molecule has 2 amide bonds. The number of amides is 2. The molecule has 2 aromatic carbocycles. The van der Waals surface area contributed by atoms with Gasteiger partial charge in [0.1, 0.15) is 17.7 Å². The van der Waals surface area contributed by atoms with E-state index in [0.29, 0.717) is 16.4 Å². The molecule has 0 bridgehead atoms. The van der Waals surface area contributed by atoms with Crippen molar-refractivity contribution in [2.75, 3.05) is 6.54 Å². The van der Waals surface area contributed by atoms with Crippen molar-refractivity contribution in [3.8, 4) is 0 Å². The van der Waals surface area contributed by atoms with Gasteiger partial charge in [0.05, 0.1) is 16.6 Å². The van der Waals surface area contributed by atoms with Gasteiger partial charge in [0, 0.05) is 25.0 Å². The molecular weight excluding hydrogens is 418 g/mol. The molecule has 0 saturated heterocycles. The summed E-state index contributed by atoms with van der Waals surface area (Å²) in [6.07, 6.45) is 3.34. The summed E-state index contributed by atoms with van der Waals surface area (Å²) < 4.78 is 15.0. The largest absolute Gasteiger partial charge is 0.343 e. The van der Waals surface area contributed by atoms with E-state index >= 15 is 0 Å². The van der Waals surface area contributed by atoms with Crippen LogP contribution in [0.3, 0.4) is 0 Å². The minimum absolute atomic E-state index is 0.245. The maximum atomic E-state index is 13.3. The van der Waals surface area contributed by atoms with E-state index in [9.17, 15) is 14.0 Å². The minimum Gasteiger partial charge on any atom is -0.343 e. The number of halogens is 3. The SMILES string of the molecule is Cn1ccnc1[C@H](NC(=O)CNC(=O)c1ccc(Cl)c(Cl)c1)c1ccc(F)cc1. The van der Waals surface area contributed by atoms with Crippen LogP contribution in [-0.4, -0.2) is 27.9 Å². The molecule has 29 heavy (non-hydrogen) atoms. The van der Waals surface area contributed by atoms with Crippen molar-refractivity contribution in [3.05, 3.63) is 87.7 Å². The standard InChI is InChI=1S/C20H17Cl2FN4O2/c1-27-9-8-24-19(27)18(12-2-5-14(23)6-3-12)26-17(28)11-25-20(29)13-4-7-15(21)16(22)10-13/h2-10,18H,11H2,1H3,(H,25,29)(H,26,28)/t18-/m1/s1. The van der Waals surface area contributed by atoms with Crippen LogP contribution in [0.4, 0.5) is 4.39 Å². The zero-order chi connectivity index (χ0) is 21.0. The van der Waals surface area contributed by atoms with Gasteiger partial charge in [-0.1, -0.05) is 35.3 Å². The maximum Gasteiger partial charge on any atom is 0.251 e. The van der Waals surface area contributed by atoms with Gasteiger partial charge < -0.3 is 15.2 Å². The number of rotatable bonds is 6.